The maximum absolute atomic E-state index is 13.1. The molecule has 4 saturated heterocycles. The normalized spacial score (nSPS) is 52.5. The van der Waals surface area contributed by atoms with Crippen LogP contribution in [-0.4, -0.2) is 47.8 Å². The van der Waals surface area contributed by atoms with Gasteiger partial charge in [-0.25, -0.2) is 0 Å². The molecule has 102 valence electrons. The summed E-state index contributed by atoms with van der Waals surface area (Å²) in [5.41, 5.74) is 0. The molecule has 18 heavy (non-hydrogen) atoms. The van der Waals surface area contributed by atoms with Crippen molar-refractivity contribution in [1.29, 1.82) is 0 Å². The van der Waals surface area contributed by atoms with Crippen LogP contribution in [0, 0.1) is 17.0 Å². The van der Waals surface area contributed by atoms with Gasteiger partial charge in [0.25, 0.3) is 0 Å². The molecule has 4 rings (SSSR count). The van der Waals surface area contributed by atoms with Gasteiger partial charge >= 0.3 is 0 Å². The van der Waals surface area contributed by atoms with Gasteiger partial charge in [0.15, 0.2) is 0 Å². The predicted octanol–water partition coefficient (Wildman–Crippen LogP) is 2.36. The minimum Gasteiger partial charge on any atom is -0.633 e. The van der Waals surface area contributed by atoms with E-state index in [0.717, 1.165) is 31.0 Å². The standard InChI is InChI=1S/C15H26N2O/c18-17-8-4-2-6-15(17)12-9-13(11-17)14-5-1-3-7-16(14)10-12/h12-15H,1-11H2/t12?,13-,14?,15?,17+/m1/s1. The highest BCUT2D eigenvalue weighted by Crippen LogP contribution is 2.45. The third kappa shape index (κ3) is 1.67. The lowest BCUT2D eigenvalue weighted by Crippen LogP contribution is -2.69. The van der Waals surface area contributed by atoms with Crippen LogP contribution in [0.25, 0.3) is 0 Å². The summed E-state index contributed by atoms with van der Waals surface area (Å²) < 4.78 is 0.194. The number of hydrogen-bond acceptors (Lipinski definition) is 2. The second-order valence-electron chi connectivity index (χ2n) is 7.24. The van der Waals surface area contributed by atoms with Crippen LogP contribution < -0.4 is 0 Å². The SMILES string of the molecule is [O-][N@+]12CCCCC1C1C[C@H](C2)C2CCCCN2C1. The van der Waals surface area contributed by atoms with Crippen LogP contribution in [0.3, 0.4) is 0 Å². The maximum atomic E-state index is 13.1. The monoisotopic (exact) mass is 250 g/mol. The van der Waals surface area contributed by atoms with Crippen LogP contribution in [0.4, 0.5) is 0 Å². The Morgan fingerprint density at radius 1 is 1.00 bits per heavy atom. The third-order valence-electron chi connectivity index (χ3n) is 6.26. The van der Waals surface area contributed by atoms with E-state index in [2.05, 4.69) is 4.90 Å². The summed E-state index contributed by atoms with van der Waals surface area (Å²) in [5, 5.41) is 13.1. The van der Waals surface area contributed by atoms with Crippen LogP contribution in [0.1, 0.15) is 44.9 Å². The number of nitrogens with zero attached hydrogens (tertiary/aromatic N) is 2. The lowest BCUT2D eigenvalue weighted by Gasteiger charge is -2.63. The van der Waals surface area contributed by atoms with Crippen LogP contribution in [0.2, 0.25) is 0 Å². The van der Waals surface area contributed by atoms with E-state index in [1.807, 2.05) is 0 Å². The minimum atomic E-state index is 0.194. The summed E-state index contributed by atoms with van der Waals surface area (Å²) in [4.78, 5) is 2.75. The summed E-state index contributed by atoms with van der Waals surface area (Å²) in [6.45, 7) is 4.42. The molecule has 3 unspecified atom stereocenters. The van der Waals surface area contributed by atoms with Crippen molar-refractivity contribution in [2.45, 2.75) is 57.0 Å². The molecular formula is C15H26N2O. The molecule has 0 aromatic rings. The highest BCUT2D eigenvalue weighted by molar-refractivity contribution is 4.96. The van der Waals surface area contributed by atoms with Crippen molar-refractivity contribution >= 4 is 0 Å². The van der Waals surface area contributed by atoms with Gasteiger partial charge < -0.3 is 9.85 Å². The molecule has 4 aliphatic rings. The van der Waals surface area contributed by atoms with Crippen molar-refractivity contribution in [3.8, 4) is 0 Å². The fourth-order valence-corrected chi connectivity index (χ4v) is 5.55. The molecule has 0 spiro atoms. The zero-order valence-electron chi connectivity index (χ0n) is 11.4. The molecule has 3 heteroatoms. The van der Waals surface area contributed by atoms with Crippen molar-refractivity contribution in [1.82, 2.24) is 4.90 Å². The van der Waals surface area contributed by atoms with Gasteiger partial charge in [-0.3, -0.25) is 4.90 Å². The number of hydroxylamine groups is 3. The van der Waals surface area contributed by atoms with E-state index in [-0.39, 0.29) is 4.65 Å². The fourth-order valence-electron chi connectivity index (χ4n) is 5.55. The molecule has 0 amide bonds. The minimum absolute atomic E-state index is 0.194. The first-order valence-electron chi connectivity index (χ1n) is 8.08. The zero-order valence-corrected chi connectivity index (χ0v) is 11.4. The molecule has 0 aliphatic carbocycles. The molecule has 5 atom stereocenters. The van der Waals surface area contributed by atoms with Crippen molar-refractivity contribution in [2.24, 2.45) is 11.8 Å². The van der Waals surface area contributed by atoms with Gasteiger partial charge in [0.2, 0.25) is 0 Å². The number of rotatable bonds is 0. The van der Waals surface area contributed by atoms with E-state index in [4.69, 9.17) is 0 Å². The van der Waals surface area contributed by atoms with Crippen LogP contribution in [0.15, 0.2) is 0 Å². The Morgan fingerprint density at radius 3 is 2.83 bits per heavy atom. The molecule has 0 aromatic heterocycles. The molecule has 4 aliphatic heterocycles. The highest BCUT2D eigenvalue weighted by atomic mass is 16.5. The summed E-state index contributed by atoms with van der Waals surface area (Å²) in [5.74, 6) is 1.44. The van der Waals surface area contributed by atoms with Crippen LogP contribution in [0.5, 0.6) is 0 Å². The topological polar surface area (TPSA) is 26.3 Å². The average Bonchev–Trinajstić information content (AvgIpc) is 2.38. The predicted molar refractivity (Wildman–Crippen MR) is 71.8 cm³/mol. The van der Waals surface area contributed by atoms with Crippen LogP contribution >= 0.6 is 0 Å². The summed E-state index contributed by atoms with van der Waals surface area (Å²) in [7, 11) is 0. The number of hydrogen-bond donors (Lipinski definition) is 0. The number of fused-ring (bicyclic) bond motifs is 6. The summed E-state index contributed by atoms with van der Waals surface area (Å²) in [6, 6.07) is 1.22. The Hall–Kier alpha value is -0.120. The summed E-state index contributed by atoms with van der Waals surface area (Å²) >= 11 is 0. The van der Waals surface area contributed by atoms with E-state index in [1.54, 1.807) is 0 Å². The molecule has 0 radical (unpaired) electrons. The number of quaternary nitrogens is 1. The first kappa shape index (κ1) is 11.7. The quantitative estimate of drug-likeness (QED) is 0.487. The van der Waals surface area contributed by atoms with Crippen molar-refractivity contribution in [2.75, 3.05) is 26.2 Å². The van der Waals surface area contributed by atoms with Gasteiger partial charge in [-0.15, -0.1) is 0 Å². The molecule has 0 N–H and O–H groups in total. The maximum Gasteiger partial charge on any atom is 0.0928 e. The van der Waals surface area contributed by atoms with Gasteiger partial charge in [0.05, 0.1) is 19.1 Å². The van der Waals surface area contributed by atoms with E-state index >= 15 is 0 Å². The smallest absolute Gasteiger partial charge is 0.0928 e. The molecule has 0 aromatic carbocycles. The van der Waals surface area contributed by atoms with E-state index < -0.39 is 0 Å². The van der Waals surface area contributed by atoms with Crippen molar-refractivity contribution in [3.05, 3.63) is 5.21 Å². The second kappa shape index (κ2) is 4.19. The van der Waals surface area contributed by atoms with E-state index in [1.165, 1.54) is 58.0 Å². The fraction of sp³-hybridized carbons (Fsp3) is 1.00. The van der Waals surface area contributed by atoms with Gasteiger partial charge in [0.1, 0.15) is 0 Å². The zero-order chi connectivity index (χ0) is 12.2. The second-order valence-corrected chi connectivity index (χ2v) is 7.24. The summed E-state index contributed by atoms with van der Waals surface area (Å²) in [6.07, 6.45) is 9.20. The van der Waals surface area contributed by atoms with Crippen molar-refractivity contribution < 1.29 is 4.65 Å². The molecule has 4 fully saturated rings. The van der Waals surface area contributed by atoms with Crippen LogP contribution in [-0.2, 0) is 0 Å². The first-order valence-corrected chi connectivity index (χ1v) is 8.08. The largest absolute Gasteiger partial charge is 0.633 e. The molecule has 0 saturated carbocycles. The Balaban J connectivity index is 1.61. The first-order chi connectivity index (χ1) is 8.76. The lowest BCUT2D eigenvalue weighted by molar-refractivity contribution is -0.925. The van der Waals surface area contributed by atoms with Gasteiger partial charge in [-0.05, 0) is 38.6 Å². The van der Waals surface area contributed by atoms with E-state index in [9.17, 15) is 5.21 Å². The van der Waals surface area contributed by atoms with Gasteiger partial charge in [-0.1, -0.05) is 6.42 Å². The van der Waals surface area contributed by atoms with Gasteiger partial charge in [-0.2, -0.15) is 0 Å². The molecule has 4 heterocycles. The Kier molecular flexibility index (Phi) is 2.72. The van der Waals surface area contributed by atoms with E-state index in [0.29, 0.717) is 6.04 Å². The Morgan fingerprint density at radius 2 is 1.89 bits per heavy atom. The molecular weight excluding hydrogens is 224 g/mol. The average molecular weight is 250 g/mol. The van der Waals surface area contributed by atoms with Gasteiger partial charge in [0, 0.05) is 30.8 Å². The highest BCUT2D eigenvalue weighted by Gasteiger charge is 2.51. The Labute approximate surface area is 110 Å². The lowest BCUT2D eigenvalue weighted by atomic mass is 9.70. The Bertz CT molecular complexity index is 334. The van der Waals surface area contributed by atoms with Crippen molar-refractivity contribution in [3.63, 3.8) is 0 Å². The molecule has 3 nitrogen and oxygen atoms in total. The number of piperidine rings is 4. The molecule has 2 bridgehead atoms. The third-order valence-corrected chi connectivity index (χ3v) is 6.26.